The molecular formula is C27H30BrN3O4S. The van der Waals surface area contributed by atoms with Gasteiger partial charge in [0.15, 0.2) is 0 Å². The van der Waals surface area contributed by atoms with Gasteiger partial charge in [-0.1, -0.05) is 64.5 Å². The second-order valence-corrected chi connectivity index (χ2v) is 11.4. The fraction of sp³-hybridized carbons (Fsp3) is 0.259. The minimum Gasteiger partial charge on any atom is -0.352 e. The third-order valence-electron chi connectivity index (χ3n) is 5.49. The van der Waals surface area contributed by atoms with Gasteiger partial charge in [0.1, 0.15) is 12.6 Å². The monoisotopic (exact) mass is 571 g/mol. The molecule has 0 aliphatic carbocycles. The van der Waals surface area contributed by atoms with Crippen molar-refractivity contribution in [3.05, 3.63) is 95.0 Å². The first-order valence-electron chi connectivity index (χ1n) is 11.6. The molecule has 190 valence electrons. The van der Waals surface area contributed by atoms with E-state index in [1.807, 2.05) is 38.1 Å². The lowest BCUT2D eigenvalue weighted by atomic mass is 10.1. The highest BCUT2D eigenvalue weighted by atomic mass is 79.9. The molecule has 7 nitrogen and oxygen atoms in total. The summed E-state index contributed by atoms with van der Waals surface area (Å²) in [6, 6.07) is 23.0. The molecule has 0 bridgehead atoms. The minimum absolute atomic E-state index is 0.0748. The van der Waals surface area contributed by atoms with E-state index in [1.165, 1.54) is 17.0 Å². The van der Waals surface area contributed by atoms with E-state index in [2.05, 4.69) is 21.2 Å². The standard InChI is InChI=1S/C27H30BrN3O4S/c1-20(2)29-27(33)21(3)30(18-22-11-10-12-23(28)17-22)26(32)19-31(24-13-6-4-7-14-24)36(34,35)25-15-8-5-9-16-25/h4-17,20-21H,18-19H2,1-3H3,(H,29,33)/t21-/m1/s1. The van der Waals surface area contributed by atoms with Crippen LogP contribution in [-0.4, -0.2) is 43.8 Å². The van der Waals surface area contributed by atoms with E-state index in [0.29, 0.717) is 5.69 Å². The SMILES string of the molecule is CC(C)NC(=O)[C@@H](C)N(Cc1cccc(Br)c1)C(=O)CN(c1ccccc1)S(=O)(=O)c1ccccc1. The number of carbonyl (C=O) groups is 2. The van der Waals surface area contributed by atoms with Crippen LogP contribution in [0.4, 0.5) is 5.69 Å². The van der Waals surface area contributed by atoms with Crippen LogP contribution in [0.1, 0.15) is 26.3 Å². The van der Waals surface area contributed by atoms with Gasteiger partial charge in [-0.15, -0.1) is 0 Å². The van der Waals surface area contributed by atoms with E-state index in [4.69, 9.17) is 0 Å². The van der Waals surface area contributed by atoms with Gasteiger partial charge in [-0.05, 0) is 62.7 Å². The quantitative estimate of drug-likeness (QED) is 0.385. The number of sulfonamides is 1. The summed E-state index contributed by atoms with van der Waals surface area (Å²) in [6.07, 6.45) is 0. The molecule has 0 saturated heterocycles. The molecule has 0 radical (unpaired) electrons. The van der Waals surface area contributed by atoms with Gasteiger partial charge in [0.25, 0.3) is 10.0 Å². The summed E-state index contributed by atoms with van der Waals surface area (Å²) in [5.41, 5.74) is 1.16. The highest BCUT2D eigenvalue weighted by molar-refractivity contribution is 9.10. The van der Waals surface area contributed by atoms with Crippen LogP contribution in [0.25, 0.3) is 0 Å². The highest BCUT2D eigenvalue weighted by Gasteiger charge is 2.32. The number of benzene rings is 3. The van der Waals surface area contributed by atoms with Crippen LogP contribution in [0.15, 0.2) is 94.3 Å². The summed E-state index contributed by atoms with van der Waals surface area (Å²) in [4.78, 5) is 28.1. The van der Waals surface area contributed by atoms with Crippen molar-refractivity contribution in [3.63, 3.8) is 0 Å². The number of para-hydroxylation sites is 1. The molecule has 2 amide bonds. The van der Waals surface area contributed by atoms with Crippen molar-refractivity contribution in [2.24, 2.45) is 0 Å². The first-order chi connectivity index (χ1) is 17.1. The van der Waals surface area contributed by atoms with E-state index in [9.17, 15) is 18.0 Å². The van der Waals surface area contributed by atoms with Crippen LogP contribution in [-0.2, 0) is 26.2 Å². The van der Waals surface area contributed by atoms with Crippen molar-refractivity contribution >= 4 is 43.5 Å². The van der Waals surface area contributed by atoms with E-state index >= 15 is 0 Å². The highest BCUT2D eigenvalue weighted by Crippen LogP contribution is 2.24. The third kappa shape index (κ3) is 6.95. The van der Waals surface area contributed by atoms with Gasteiger partial charge in [-0.2, -0.15) is 0 Å². The summed E-state index contributed by atoms with van der Waals surface area (Å²) in [5.74, 6) is -0.810. The number of nitrogens with zero attached hydrogens (tertiary/aromatic N) is 2. The van der Waals surface area contributed by atoms with Gasteiger partial charge in [0.05, 0.1) is 10.6 Å². The average Bonchev–Trinajstić information content (AvgIpc) is 2.86. The zero-order valence-electron chi connectivity index (χ0n) is 20.5. The zero-order chi connectivity index (χ0) is 26.3. The fourth-order valence-electron chi connectivity index (χ4n) is 3.66. The lowest BCUT2D eigenvalue weighted by Gasteiger charge is -2.32. The Bertz CT molecular complexity index is 1280. The smallest absolute Gasteiger partial charge is 0.264 e. The molecule has 0 aliphatic heterocycles. The minimum atomic E-state index is -4.05. The molecule has 0 heterocycles. The second-order valence-electron chi connectivity index (χ2n) is 8.65. The summed E-state index contributed by atoms with van der Waals surface area (Å²) in [7, 11) is -4.05. The Morgan fingerprint density at radius 3 is 2.08 bits per heavy atom. The number of anilines is 1. The number of hydrogen-bond acceptors (Lipinski definition) is 4. The van der Waals surface area contributed by atoms with Crippen molar-refractivity contribution in [1.29, 1.82) is 0 Å². The first-order valence-corrected chi connectivity index (χ1v) is 13.8. The van der Waals surface area contributed by atoms with Crippen LogP contribution < -0.4 is 9.62 Å². The molecule has 0 spiro atoms. The normalized spacial score (nSPS) is 12.1. The molecule has 3 aromatic rings. The Morgan fingerprint density at radius 2 is 1.50 bits per heavy atom. The lowest BCUT2D eigenvalue weighted by Crippen LogP contribution is -2.52. The van der Waals surface area contributed by atoms with Crippen molar-refractivity contribution in [2.45, 2.75) is 44.3 Å². The molecule has 0 aromatic heterocycles. The van der Waals surface area contributed by atoms with Crippen molar-refractivity contribution in [1.82, 2.24) is 10.2 Å². The average molecular weight is 573 g/mol. The van der Waals surface area contributed by atoms with Gasteiger partial charge in [-0.25, -0.2) is 8.42 Å². The van der Waals surface area contributed by atoms with Crippen molar-refractivity contribution < 1.29 is 18.0 Å². The lowest BCUT2D eigenvalue weighted by molar-refractivity contribution is -0.139. The van der Waals surface area contributed by atoms with E-state index < -0.39 is 28.5 Å². The maximum Gasteiger partial charge on any atom is 0.264 e. The number of amides is 2. The van der Waals surface area contributed by atoms with E-state index in [1.54, 1.807) is 55.5 Å². The summed E-state index contributed by atoms with van der Waals surface area (Å²) < 4.78 is 29.2. The van der Waals surface area contributed by atoms with Crippen LogP contribution in [0.3, 0.4) is 0 Å². The van der Waals surface area contributed by atoms with E-state index in [-0.39, 0.29) is 23.4 Å². The molecule has 0 aliphatic rings. The number of halogens is 1. The molecule has 0 unspecified atom stereocenters. The molecule has 1 atom stereocenters. The third-order valence-corrected chi connectivity index (χ3v) is 7.78. The number of nitrogens with one attached hydrogen (secondary N) is 1. The predicted octanol–water partition coefficient (Wildman–Crippen LogP) is 4.59. The topological polar surface area (TPSA) is 86.8 Å². The first kappa shape index (κ1) is 27.4. The molecule has 3 rings (SSSR count). The second kappa shape index (κ2) is 12.2. The Kier molecular flexibility index (Phi) is 9.28. The van der Waals surface area contributed by atoms with Crippen LogP contribution >= 0.6 is 15.9 Å². The Hall–Kier alpha value is -3.17. The molecule has 1 N–H and O–H groups in total. The van der Waals surface area contributed by atoms with Gasteiger partial charge >= 0.3 is 0 Å². The maximum absolute atomic E-state index is 13.8. The molecule has 3 aromatic carbocycles. The Morgan fingerprint density at radius 1 is 0.889 bits per heavy atom. The Balaban J connectivity index is 1.99. The van der Waals surface area contributed by atoms with Gasteiger partial charge in [-0.3, -0.25) is 13.9 Å². The number of hydrogen-bond donors (Lipinski definition) is 1. The largest absolute Gasteiger partial charge is 0.352 e. The summed E-state index contributed by atoms with van der Waals surface area (Å²) >= 11 is 3.44. The molecular weight excluding hydrogens is 542 g/mol. The number of rotatable bonds is 10. The van der Waals surface area contributed by atoms with Crippen molar-refractivity contribution in [3.8, 4) is 0 Å². The van der Waals surface area contributed by atoms with Gasteiger partial charge in [0, 0.05) is 17.1 Å². The molecule has 0 fully saturated rings. The fourth-order valence-corrected chi connectivity index (χ4v) is 5.54. The molecule has 0 saturated carbocycles. The number of carbonyl (C=O) groups excluding carboxylic acids is 2. The maximum atomic E-state index is 13.8. The van der Waals surface area contributed by atoms with Gasteiger partial charge in [0.2, 0.25) is 11.8 Å². The van der Waals surface area contributed by atoms with E-state index in [0.717, 1.165) is 14.3 Å². The van der Waals surface area contributed by atoms with Crippen LogP contribution in [0, 0.1) is 0 Å². The van der Waals surface area contributed by atoms with Crippen LogP contribution in [0.5, 0.6) is 0 Å². The summed E-state index contributed by atoms with van der Waals surface area (Å²) in [6.45, 7) is 5.00. The Labute approximate surface area is 221 Å². The van der Waals surface area contributed by atoms with Gasteiger partial charge < -0.3 is 10.2 Å². The molecule has 9 heteroatoms. The van der Waals surface area contributed by atoms with Crippen molar-refractivity contribution in [2.75, 3.05) is 10.8 Å². The molecule has 36 heavy (non-hydrogen) atoms. The van der Waals surface area contributed by atoms with Crippen LogP contribution in [0.2, 0.25) is 0 Å². The zero-order valence-corrected chi connectivity index (χ0v) is 22.9. The predicted molar refractivity (Wildman–Crippen MR) is 145 cm³/mol. The summed E-state index contributed by atoms with van der Waals surface area (Å²) in [5, 5.41) is 2.84.